The molecule has 2 fully saturated rings. The van der Waals surface area contributed by atoms with Gasteiger partial charge in [0, 0.05) is 45.1 Å². The second-order valence-electron chi connectivity index (χ2n) is 7.43. The van der Waals surface area contributed by atoms with Crippen molar-refractivity contribution in [3.63, 3.8) is 0 Å². The molecule has 1 aromatic rings. The van der Waals surface area contributed by atoms with Gasteiger partial charge in [0.15, 0.2) is 5.79 Å². The number of benzene rings is 1. The molecule has 3 heterocycles. The number of fused-ring (bicyclic) bond motifs is 1. The van der Waals surface area contributed by atoms with Gasteiger partial charge in [-0.3, -0.25) is 4.79 Å². The Balaban J connectivity index is 1.54. The quantitative estimate of drug-likeness (QED) is 0.766. The number of ether oxygens (including phenoxy) is 2. The molecule has 0 radical (unpaired) electrons. The zero-order valence-corrected chi connectivity index (χ0v) is 16.5. The molecule has 0 bridgehead atoms. The van der Waals surface area contributed by atoms with Crippen molar-refractivity contribution in [2.75, 3.05) is 37.7 Å². The van der Waals surface area contributed by atoms with Crippen molar-refractivity contribution in [3.05, 3.63) is 23.8 Å². The largest absolute Gasteiger partial charge is 0.350 e. The molecule has 1 aromatic carbocycles. The van der Waals surface area contributed by atoms with Crippen LogP contribution >= 0.6 is 0 Å². The van der Waals surface area contributed by atoms with E-state index in [4.69, 9.17) is 9.47 Å². The molecule has 4 rings (SSSR count). The van der Waals surface area contributed by atoms with E-state index in [9.17, 15) is 13.2 Å². The molecule has 3 aliphatic rings. The zero-order valence-electron chi connectivity index (χ0n) is 15.6. The first-order chi connectivity index (χ1) is 12.9. The summed E-state index contributed by atoms with van der Waals surface area (Å²) in [5.74, 6) is -0.623. The van der Waals surface area contributed by atoms with Crippen LogP contribution in [0.2, 0.25) is 0 Å². The Kier molecular flexibility index (Phi) is 5.00. The smallest absolute Gasteiger partial charge is 0.243 e. The van der Waals surface area contributed by atoms with Gasteiger partial charge in [0.1, 0.15) is 0 Å². The minimum atomic E-state index is -3.57. The SMILES string of the molecule is CC(=O)N1CCCc2cc(S(=O)(=O)N3CCC4(CC3)OCCCO4)ccc21. The average Bonchev–Trinajstić information content (AvgIpc) is 2.68. The van der Waals surface area contributed by atoms with Gasteiger partial charge in [0.2, 0.25) is 15.9 Å². The molecule has 1 amide bonds. The van der Waals surface area contributed by atoms with Gasteiger partial charge in [-0.15, -0.1) is 0 Å². The fourth-order valence-corrected chi connectivity index (χ4v) is 5.68. The summed E-state index contributed by atoms with van der Waals surface area (Å²) in [5, 5.41) is 0. The van der Waals surface area contributed by atoms with Crippen LogP contribution in [0.1, 0.15) is 38.2 Å². The van der Waals surface area contributed by atoms with Crippen LogP contribution in [0.25, 0.3) is 0 Å². The van der Waals surface area contributed by atoms with Gasteiger partial charge in [0.05, 0.1) is 18.1 Å². The normalized spacial score (nSPS) is 23.2. The highest BCUT2D eigenvalue weighted by Gasteiger charge is 2.41. The number of nitrogens with zero attached hydrogens (tertiary/aromatic N) is 2. The van der Waals surface area contributed by atoms with Crippen LogP contribution in [0.15, 0.2) is 23.1 Å². The number of hydrogen-bond acceptors (Lipinski definition) is 5. The van der Waals surface area contributed by atoms with E-state index in [-0.39, 0.29) is 5.91 Å². The number of sulfonamides is 1. The van der Waals surface area contributed by atoms with Crippen LogP contribution in [-0.2, 0) is 30.7 Å². The topological polar surface area (TPSA) is 76.2 Å². The molecule has 0 atom stereocenters. The molecular weight excluding hydrogens is 368 g/mol. The summed E-state index contributed by atoms with van der Waals surface area (Å²) in [6.45, 7) is 4.34. The van der Waals surface area contributed by atoms with E-state index in [1.807, 2.05) is 0 Å². The third kappa shape index (κ3) is 3.51. The van der Waals surface area contributed by atoms with Gasteiger partial charge in [-0.05, 0) is 43.0 Å². The minimum absolute atomic E-state index is 0.0135. The Bertz CT molecular complexity index is 823. The summed E-state index contributed by atoms with van der Waals surface area (Å²) in [6, 6.07) is 5.12. The Morgan fingerprint density at radius 2 is 1.78 bits per heavy atom. The summed E-state index contributed by atoms with van der Waals surface area (Å²) < 4.78 is 39.4. The summed E-state index contributed by atoms with van der Waals surface area (Å²) in [5.41, 5.74) is 1.75. The number of aryl methyl sites for hydroxylation is 1. The van der Waals surface area contributed by atoms with Crippen molar-refractivity contribution < 1.29 is 22.7 Å². The average molecular weight is 394 g/mol. The highest BCUT2D eigenvalue weighted by molar-refractivity contribution is 7.89. The van der Waals surface area contributed by atoms with Crippen LogP contribution in [-0.4, -0.2) is 57.3 Å². The van der Waals surface area contributed by atoms with E-state index in [1.54, 1.807) is 30.0 Å². The second-order valence-corrected chi connectivity index (χ2v) is 9.37. The predicted molar refractivity (Wildman–Crippen MR) is 100 cm³/mol. The maximum Gasteiger partial charge on any atom is 0.243 e. The first kappa shape index (κ1) is 18.9. The third-order valence-electron chi connectivity index (χ3n) is 5.69. The van der Waals surface area contributed by atoms with E-state index in [1.165, 1.54) is 4.31 Å². The standard InChI is InChI=1S/C19H26N2O5S/c1-15(22)21-9-2-4-16-14-17(5-6-18(16)21)27(23,24)20-10-7-19(8-11-20)25-12-3-13-26-19/h5-6,14H,2-4,7-13H2,1H3. The number of rotatable bonds is 2. The van der Waals surface area contributed by atoms with Gasteiger partial charge in [-0.2, -0.15) is 4.31 Å². The van der Waals surface area contributed by atoms with Crippen molar-refractivity contribution in [1.82, 2.24) is 4.31 Å². The van der Waals surface area contributed by atoms with E-state index in [2.05, 4.69) is 0 Å². The summed E-state index contributed by atoms with van der Waals surface area (Å²) in [4.78, 5) is 13.8. The molecule has 8 heteroatoms. The minimum Gasteiger partial charge on any atom is -0.350 e. The van der Waals surface area contributed by atoms with Gasteiger partial charge in [0.25, 0.3) is 0 Å². The van der Waals surface area contributed by atoms with E-state index < -0.39 is 15.8 Å². The van der Waals surface area contributed by atoms with Gasteiger partial charge < -0.3 is 14.4 Å². The predicted octanol–water partition coefficient (Wildman–Crippen LogP) is 1.90. The van der Waals surface area contributed by atoms with Crippen molar-refractivity contribution in [1.29, 1.82) is 0 Å². The van der Waals surface area contributed by atoms with Crippen LogP contribution in [0.3, 0.4) is 0 Å². The number of anilines is 1. The third-order valence-corrected chi connectivity index (χ3v) is 7.59. The lowest BCUT2D eigenvalue weighted by atomic mass is 10.0. The maximum absolute atomic E-state index is 13.1. The van der Waals surface area contributed by atoms with Gasteiger partial charge in [-0.25, -0.2) is 8.42 Å². The molecule has 0 saturated carbocycles. The van der Waals surface area contributed by atoms with Gasteiger partial charge >= 0.3 is 0 Å². The van der Waals surface area contributed by atoms with Crippen LogP contribution < -0.4 is 4.90 Å². The van der Waals surface area contributed by atoms with Crippen LogP contribution in [0.5, 0.6) is 0 Å². The summed E-state index contributed by atoms with van der Waals surface area (Å²) in [6.07, 6.45) is 3.62. The molecule has 0 aliphatic carbocycles. The molecule has 0 aromatic heterocycles. The second kappa shape index (κ2) is 7.16. The molecular formula is C19H26N2O5S. The molecule has 2 saturated heterocycles. The molecule has 0 unspecified atom stereocenters. The fourth-order valence-electron chi connectivity index (χ4n) is 4.18. The number of piperidine rings is 1. The Morgan fingerprint density at radius 3 is 2.44 bits per heavy atom. The lowest BCUT2D eigenvalue weighted by Gasteiger charge is -2.42. The van der Waals surface area contributed by atoms with E-state index in [0.29, 0.717) is 50.6 Å². The molecule has 1 spiro atoms. The van der Waals surface area contributed by atoms with Crippen molar-refractivity contribution in [3.8, 4) is 0 Å². The Hall–Kier alpha value is -1.48. The highest BCUT2D eigenvalue weighted by Crippen LogP contribution is 2.34. The maximum atomic E-state index is 13.1. The number of carbonyl (C=O) groups is 1. The first-order valence-corrected chi connectivity index (χ1v) is 11.0. The van der Waals surface area contributed by atoms with Crippen LogP contribution in [0, 0.1) is 0 Å². The van der Waals surface area contributed by atoms with Crippen molar-refractivity contribution >= 4 is 21.6 Å². The van der Waals surface area contributed by atoms with Crippen LogP contribution in [0.4, 0.5) is 5.69 Å². The van der Waals surface area contributed by atoms with E-state index in [0.717, 1.165) is 30.5 Å². The lowest BCUT2D eigenvalue weighted by molar-refractivity contribution is -0.280. The molecule has 7 nitrogen and oxygen atoms in total. The molecule has 27 heavy (non-hydrogen) atoms. The first-order valence-electron chi connectivity index (χ1n) is 9.60. The highest BCUT2D eigenvalue weighted by atomic mass is 32.2. The number of amides is 1. The van der Waals surface area contributed by atoms with Crippen molar-refractivity contribution in [2.45, 2.75) is 49.7 Å². The van der Waals surface area contributed by atoms with Gasteiger partial charge in [-0.1, -0.05) is 0 Å². The van der Waals surface area contributed by atoms with Crippen molar-refractivity contribution in [2.24, 2.45) is 0 Å². The number of carbonyl (C=O) groups excluding carboxylic acids is 1. The fraction of sp³-hybridized carbons (Fsp3) is 0.632. The number of hydrogen-bond donors (Lipinski definition) is 0. The molecule has 148 valence electrons. The lowest BCUT2D eigenvalue weighted by Crippen LogP contribution is -2.51. The molecule has 3 aliphatic heterocycles. The zero-order chi connectivity index (χ0) is 19.1. The monoisotopic (exact) mass is 394 g/mol. The summed E-state index contributed by atoms with van der Waals surface area (Å²) in [7, 11) is -3.57. The van der Waals surface area contributed by atoms with E-state index >= 15 is 0 Å². The summed E-state index contributed by atoms with van der Waals surface area (Å²) >= 11 is 0. The Morgan fingerprint density at radius 1 is 1.07 bits per heavy atom. The Labute approximate surface area is 160 Å². The molecule has 0 N–H and O–H groups in total.